The smallest absolute Gasteiger partial charge is 0.328 e. The molecule has 0 aliphatic carbocycles. The number of carbonyl (C=O) groups is 2. The second-order valence-electron chi connectivity index (χ2n) is 4.71. The summed E-state index contributed by atoms with van der Waals surface area (Å²) in [4.78, 5) is 22.4. The van der Waals surface area contributed by atoms with Crippen LogP contribution in [0.5, 0.6) is 0 Å². The molecule has 0 rings (SSSR count). The van der Waals surface area contributed by atoms with Gasteiger partial charge in [-0.05, 0) is 6.42 Å². The van der Waals surface area contributed by atoms with E-state index in [1.807, 2.05) is 6.92 Å². The van der Waals surface area contributed by atoms with Gasteiger partial charge in [-0.2, -0.15) is 8.42 Å². The van der Waals surface area contributed by atoms with Gasteiger partial charge in [0.05, 0.1) is 13.0 Å². The van der Waals surface area contributed by atoms with Gasteiger partial charge in [0.25, 0.3) is 10.1 Å². The lowest BCUT2D eigenvalue weighted by molar-refractivity contribution is -0.147. The van der Waals surface area contributed by atoms with E-state index in [-0.39, 0.29) is 6.42 Å². The lowest BCUT2D eigenvalue weighted by Gasteiger charge is -2.26. The standard InChI is InChI=1S/C13H22O7S/c1-3-5-6-7-8-13(12(16)17,10-11(14)15)21(18,19)20-9-4-2/h4H,2-3,5-10H2,1H3,(H,14,15)(H,16,17). The van der Waals surface area contributed by atoms with Crippen molar-refractivity contribution < 1.29 is 32.4 Å². The maximum absolute atomic E-state index is 12.1. The van der Waals surface area contributed by atoms with E-state index in [9.17, 15) is 23.1 Å². The molecule has 0 radical (unpaired) electrons. The molecule has 0 fully saturated rings. The molecule has 0 aromatic rings. The third-order valence-electron chi connectivity index (χ3n) is 3.08. The normalized spacial score (nSPS) is 14.3. The molecule has 7 nitrogen and oxygen atoms in total. The number of hydrogen-bond acceptors (Lipinski definition) is 5. The van der Waals surface area contributed by atoms with Crippen molar-refractivity contribution in [2.45, 2.75) is 50.2 Å². The summed E-state index contributed by atoms with van der Waals surface area (Å²) < 4.78 is 26.4. The first kappa shape index (κ1) is 19.6. The molecule has 2 N–H and O–H groups in total. The Morgan fingerprint density at radius 1 is 1.24 bits per heavy atom. The molecule has 0 spiro atoms. The third kappa shape index (κ3) is 5.47. The summed E-state index contributed by atoms with van der Waals surface area (Å²) in [5.74, 6) is -3.20. The summed E-state index contributed by atoms with van der Waals surface area (Å²) in [5.41, 5.74) is 0. The first-order valence-electron chi connectivity index (χ1n) is 6.68. The lowest BCUT2D eigenvalue weighted by atomic mass is 9.96. The van der Waals surface area contributed by atoms with Crippen molar-refractivity contribution in [2.75, 3.05) is 6.61 Å². The predicted octanol–water partition coefficient (Wildman–Crippen LogP) is 1.79. The van der Waals surface area contributed by atoms with Crippen LogP contribution >= 0.6 is 0 Å². The Bertz CT molecular complexity index is 469. The monoisotopic (exact) mass is 322 g/mol. The lowest BCUT2D eigenvalue weighted by Crippen LogP contribution is -2.49. The number of carboxylic acid groups (broad SMARTS) is 2. The van der Waals surface area contributed by atoms with E-state index in [0.29, 0.717) is 12.8 Å². The highest BCUT2D eigenvalue weighted by molar-refractivity contribution is 7.89. The topological polar surface area (TPSA) is 118 Å². The Balaban J connectivity index is 5.42. The predicted molar refractivity (Wildman–Crippen MR) is 76.4 cm³/mol. The Labute approximate surface area is 124 Å². The number of carboxylic acids is 2. The van der Waals surface area contributed by atoms with Gasteiger partial charge >= 0.3 is 11.9 Å². The zero-order valence-corrected chi connectivity index (χ0v) is 12.9. The van der Waals surface area contributed by atoms with Crippen molar-refractivity contribution in [3.8, 4) is 0 Å². The van der Waals surface area contributed by atoms with E-state index >= 15 is 0 Å². The molecule has 0 saturated heterocycles. The van der Waals surface area contributed by atoms with Crippen molar-refractivity contribution in [1.29, 1.82) is 0 Å². The van der Waals surface area contributed by atoms with Gasteiger partial charge in [-0.3, -0.25) is 13.8 Å². The van der Waals surface area contributed by atoms with Crippen LogP contribution in [0.15, 0.2) is 12.7 Å². The van der Waals surface area contributed by atoms with E-state index in [0.717, 1.165) is 18.9 Å². The fraction of sp³-hybridized carbons (Fsp3) is 0.692. The number of unbranched alkanes of at least 4 members (excludes halogenated alkanes) is 3. The van der Waals surface area contributed by atoms with Crippen LogP contribution in [0, 0.1) is 0 Å². The molecule has 0 bridgehead atoms. The maximum Gasteiger partial charge on any atom is 0.328 e. The molecular formula is C13H22O7S. The molecule has 0 saturated carbocycles. The molecule has 0 aromatic heterocycles. The molecule has 21 heavy (non-hydrogen) atoms. The van der Waals surface area contributed by atoms with Crippen molar-refractivity contribution >= 4 is 22.1 Å². The van der Waals surface area contributed by atoms with E-state index in [1.54, 1.807) is 0 Å². The largest absolute Gasteiger partial charge is 0.481 e. The fourth-order valence-corrected chi connectivity index (χ4v) is 3.33. The molecule has 0 amide bonds. The van der Waals surface area contributed by atoms with Crippen molar-refractivity contribution in [2.24, 2.45) is 0 Å². The molecule has 1 atom stereocenters. The first-order chi connectivity index (χ1) is 9.73. The highest BCUT2D eigenvalue weighted by atomic mass is 32.2. The molecule has 0 aliphatic rings. The van der Waals surface area contributed by atoms with E-state index < -0.39 is 39.8 Å². The Morgan fingerprint density at radius 2 is 1.86 bits per heavy atom. The number of hydrogen-bond donors (Lipinski definition) is 2. The second-order valence-corrected chi connectivity index (χ2v) is 6.63. The van der Waals surface area contributed by atoms with Crippen LogP contribution in [0.1, 0.15) is 45.4 Å². The van der Waals surface area contributed by atoms with Crippen LogP contribution < -0.4 is 0 Å². The minimum Gasteiger partial charge on any atom is -0.481 e. The Kier molecular flexibility index (Phi) is 8.19. The summed E-state index contributed by atoms with van der Waals surface area (Å²) in [6.07, 6.45) is 2.45. The van der Waals surface area contributed by atoms with Crippen LogP contribution in [-0.2, 0) is 23.9 Å². The summed E-state index contributed by atoms with van der Waals surface area (Å²) in [6, 6.07) is 0. The van der Waals surface area contributed by atoms with Gasteiger partial charge in [0, 0.05) is 0 Å². The minimum absolute atomic E-state index is 0.296. The second kappa shape index (κ2) is 8.78. The molecule has 0 aromatic carbocycles. The van der Waals surface area contributed by atoms with Crippen LogP contribution in [0.2, 0.25) is 0 Å². The van der Waals surface area contributed by atoms with Crippen molar-refractivity contribution in [1.82, 2.24) is 0 Å². The number of rotatable bonds is 12. The van der Waals surface area contributed by atoms with Crippen LogP contribution in [-0.4, -0.2) is 41.9 Å². The van der Waals surface area contributed by atoms with Gasteiger partial charge in [0.1, 0.15) is 0 Å². The zero-order valence-electron chi connectivity index (χ0n) is 12.1. The first-order valence-corrected chi connectivity index (χ1v) is 8.09. The summed E-state index contributed by atoms with van der Waals surface area (Å²) in [5, 5.41) is 18.2. The van der Waals surface area contributed by atoms with E-state index in [4.69, 9.17) is 5.11 Å². The number of aliphatic carboxylic acids is 2. The fourth-order valence-electron chi connectivity index (χ4n) is 1.92. The van der Waals surface area contributed by atoms with Crippen LogP contribution in [0.3, 0.4) is 0 Å². The average molecular weight is 322 g/mol. The van der Waals surface area contributed by atoms with Crippen LogP contribution in [0.25, 0.3) is 0 Å². The molecule has 8 heteroatoms. The maximum atomic E-state index is 12.1. The Hall–Kier alpha value is -1.41. The van der Waals surface area contributed by atoms with Gasteiger partial charge in [0.15, 0.2) is 0 Å². The Morgan fingerprint density at radius 3 is 2.29 bits per heavy atom. The SMILES string of the molecule is C=CCOS(=O)(=O)C(CCCCCC)(CC(=O)O)C(=O)O. The average Bonchev–Trinajstić information content (AvgIpc) is 2.39. The summed E-state index contributed by atoms with van der Waals surface area (Å²) in [7, 11) is -4.58. The van der Waals surface area contributed by atoms with Gasteiger partial charge in [-0.1, -0.05) is 38.7 Å². The molecule has 0 heterocycles. The van der Waals surface area contributed by atoms with Gasteiger partial charge in [0.2, 0.25) is 4.75 Å². The van der Waals surface area contributed by atoms with E-state index in [1.165, 1.54) is 0 Å². The third-order valence-corrected chi connectivity index (χ3v) is 5.01. The quantitative estimate of drug-likeness (QED) is 0.319. The minimum atomic E-state index is -4.58. The van der Waals surface area contributed by atoms with Gasteiger partial charge in [-0.15, -0.1) is 6.58 Å². The molecule has 0 aliphatic heterocycles. The molecular weight excluding hydrogens is 300 g/mol. The summed E-state index contributed by atoms with van der Waals surface area (Å²) >= 11 is 0. The van der Waals surface area contributed by atoms with Gasteiger partial charge in [-0.25, -0.2) is 0 Å². The van der Waals surface area contributed by atoms with Gasteiger partial charge < -0.3 is 10.2 Å². The van der Waals surface area contributed by atoms with Crippen molar-refractivity contribution in [3.63, 3.8) is 0 Å². The molecule has 1 unspecified atom stereocenters. The van der Waals surface area contributed by atoms with Crippen molar-refractivity contribution in [3.05, 3.63) is 12.7 Å². The van der Waals surface area contributed by atoms with Crippen LogP contribution in [0.4, 0.5) is 0 Å². The highest BCUT2D eigenvalue weighted by Crippen LogP contribution is 2.31. The zero-order chi connectivity index (χ0) is 16.5. The summed E-state index contributed by atoms with van der Waals surface area (Å²) in [6.45, 7) is 4.84. The van der Waals surface area contributed by atoms with E-state index in [2.05, 4.69) is 10.8 Å². The molecule has 122 valence electrons. The highest BCUT2D eigenvalue weighted by Gasteiger charge is 2.53.